The van der Waals surface area contributed by atoms with E-state index < -0.39 is 17.9 Å². The molecule has 0 radical (unpaired) electrons. The minimum Gasteiger partial charge on any atom is -0.481 e. The van der Waals surface area contributed by atoms with Crippen LogP contribution in [0.3, 0.4) is 0 Å². The van der Waals surface area contributed by atoms with Crippen LogP contribution in [0.1, 0.15) is 18.5 Å². The number of anilines is 1. The van der Waals surface area contributed by atoms with Gasteiger partial charge in [-0.15, -0.1) is 0 Å². The number of hydrogen-bond donors (Lipinski definition) is 3. The molecule has 0 aliphatic heterocycles. The highest BCUT2D eigenvalue weighted by atomic mass is 16.4. The van der Waals surface area contributed by atoms with Gasteiger partial charge in [0.15, 0.2) is 0 Å². The lowest BCUT2D eigenvalue weighted by Gasteiger charge is -2.10. The van der Waals surface area contributed by atoms with Crippen molar-refractivity contribution in [1.82, 2.24) is 4.98 Å². The number of nitrogens with zero attached hydrogens (tertiary/aromatic N) is 1. The van der Waals surface area contributed by atoms with E-state index in [2.05, 4.69) is 10.3 Å². The first-order chi connectivity index (χ1) is 7.99. The van der Waals surface area contributed by atoms with Crippen molar-refractivity contribution >= 4 is 17.6 Å². The first kappa shape index (κ1) is 13.1. The number of hydrogen-bond acceptors (Lipinski definition) is 4. The van der Waals surface area contributed by atoms with E-state index in [-0.39, 0.29) is 12.8 Å². The van der Waals surface area contributed by atoms with Crippen molar-refractivity contribution < 1.29 is 14.7 Å². The van der Waals surface area contributed by atoms with Crippen LogP contribution in [0.2, 0.25) is 0 Å². The molecule has 0 aliphatic rings. The molecule has 1 rings (SSSR count). The maximum Gasteiger partial charge on any atom is 0.303 e. The Hall–Kier alpha value is -1.95. The molecule has 0 aromatic carbocycles. The molecule has 0 bridgehead atoms. The molecule has 0 saturated carbocycles. The van der Waals surface area contributed by atoms with Crippen LogP contribution < -0.4 is 11.1 Å². The molecule has 1 heterocycles. The number of carboxylic acid groups (broad SMARTS) is 1. The van der Waals surface area contributed by atoms with Gasteiger partial charge in [-0.3, -0.25) is 14.6 Å². The lowest BCUT2D eigenvalue weighted by Crippen LogP contribution is -2.36. The van der Waals surface area contributed by atoms with Gasteiger partial charge in [0.1, 0.15) is 0 Å². The highest BCUT2D eigenvalue weighted by Crippen LogP contribution is 2.06. The van der Waals surface area contributed by atoms with Gasteiger partial charge >= 0.3 is 5.97 Å². The summed E-state index contributed by atoms with van der Waals surface area (Å²) < 4.78 is 0. The van der Waals surface area contributed by atoms with E-state index in [9.17, 15) is 9.59 Å². The fourth-order valence-corrected chi connectivity index (χ4v) is 1.19. The second-order valence-electron chi connectivity index (χ2n) is 3.72. The van der Waals surface area contributed by atoms with E-state index in [0.717, 1.165) is 5.69 Å². The van der Waals surface area contributed by atoms with Gasteiger partial charge in [0.05, 0.1) is 17.9 Å². The number of rotatable bonds is 5. The smallest absolute Gasteiger partial charge is 0.303 e. The Kier molecular flexibility index (Phi) is 4.59. The molecule has 0 saturated heterocycles. The molecule has 92 valence electrons. The largest absolute Gasteiger partial charge is 0.481 e. The van der Waals surface area contributed by atoms with Crippen LogP contribution in [0.25, 0.3) is 0 Å². The SMILES string of the molecule is Cc1ccc(NC(=O)C(N)CCC(=O)O)cn1. The zero-order valence-electron chi connectivity index (χ0n) is 9.51. The lowest BCUT2D eigenvalue weighted by molar-refractivity contribution is -0.137. The van der Waals surface area contributed by atoms with E-state index in [1.807, 2.05) is 6.92 Å². The van der Waals surface area contributed by atoms with Gasteiger partial charge in [-0.2, -0.15) is 0 Å². The Labute approximate surface area is 98.8 Å². The van der Waals surface area contributed by atoms with Crippen LogP contribution in [-0.4, -0.2) is 28.0 Å². The summed E-state index contributed by atoms with van der Waals surface area (Å²) in [5.74, 6) is -1.37. The van der Waals surface area contributed by atoms with Crippen molar-refractivity contribution in [3.05, 3.63) is 24.0 Å². The fourth-order valence-electron chi connectivity index (χ4n) is 1.19. The molecule has 6 heteroatoms. The standard InChI is InChI=1S/C11H15N3O3/c1-7-2-3-8(6-13-7)14-11(17)9(12)4-5-10(15)16/h2-3,6,9H,4-5,12H2,1H3,(H,14,17)(H,15,16). The van der Waals surface area contributed by atoms with Crippen LogP contribution in [0.15, 0.2) is 18.3 Å². The third kappa shape index (κ3) is 4.60. The Bertz CT molecular complexity index is 403. The Morgan fingerprint density at radius 2 is 2.24 bits per heavy atom. The third-order valence-corrected chi connectivity index (χ3v) is 2.18. The van der Waals surface area contributed by atoms with E-state index in [1.165, 1.54) is 6.20 Å². The number of aromatic nitrogens is 1. The van der Waals surface area contributed by atoms with Gasteiger partial charge in [0.25, 0.3) is 0 Å². The lowest BCUT2D eigenvalue weighted by atomic mass is 10.1. The van der Waals surface area contributed by atoms with Crippen molar-refractivity contribution in [1.29, 1.82) is 0 Å². The summed E-state index contributed by atoms with van der Waals surface area (Å²) in [6, 6.07) is 2.65. The summed E-state index contributed by atoms with van der Waals surface area (Å²) in [7, 11) is 0. The molecular weight excluding hydrogens is 222 g/mol. The quantitative estimate of drug-likeness (QED) is 0.692. The minimum atomic E-state index is -0.967. The predicted octanol–water partition coefficient (Wildman–Crippen LogP) is 0.521. The molecule has 6 nitrogen and oxygen atoms in total. The van der Waals surface area contributed by atoms with Crippen LogP contribution in [0.4, 0.5) is 5.69 Å². The first-order valence-electron chi connectivity index (χ1n) is 5.20. The Balaban J connectivity index is 2.48. The molecular formula is C11H15N3O3. The summed E-state index contributed by atoms with van der Waals surface area (Å²) in [4.78, 5) is 25.9. The monoisotopic (exact) mass is 237 g/mol. The highest BCUT2D eigenvalue weighted by Gasteiger charge is 2.14. The summed E-state index contributed by atoms with van der Waals surface area (Å²) in [6.45, 7) is 1.84. The molecule has 4 N–H and O–H groups in total. The average molecular weight is 237 g/mol. The predicted molar refractivity (Wildman–Crippen MR) is 62.4 cm³/mol. The second kappa shape index (κ2) is 5.95. The minimum absolute atomic E-state index is 0.112. The molecule has 1 amide bonds. The fraction of sp³-hybridized carbons (Fsp3) is 0.364. The van der Waals surface area contributed by atoms with Crippen molar-refractivity contribution in [3.8, 4) is 0 Å². The van der Waals surface area contributed by atoms with Crippen molar-refractivity contribution in [2.75, 3.05) is 5.32 Å². The molecule has 0 spiro atoms. The van der Waals surface area contributed by atoms with Crippen molar-refractivity contribution in [2.45, 2.75) is 25.8 Å². The van der Waals surface area contributed by atoms with E-state index in [0.29, 0.717) is 5.69 Å². The summed E-state index contributed by atoms with van der Waals surface area (Å²) in [6.07, 6.45) is 1.51. The maximum atomic E-state index is 11.6. The van der Waals surface area contributed by atoms with Crippen LogP contribution in [-0.2, 0) is 9.59 Å². The number of carbonyl (C=O) groups excluding carboxylic acids is 1. The first-order valence-corrected chi connectivity index (χ1v) is 5.20. The zero-order valence-corrected chi connectivity index (χ0v) is 9.51. The Morgan fingerprint density at radius 1 is 1.53 bits per heavy atom. The van der Waals surface area contributed by atoms with Gasteiger partial charge in [-0.05, 0) is 25.5 Å². The Morgan fingerprint density at radius 3 is 2.76 bits per heavy atom. The normalized spacial score (nSPS) is 11.9. The molecule has 1 unspecified atom stereocenters. The van der Waals surface area contributed by atoms with Gasteiger partial charge < -0.3 is 16.2 Å². The topological polar surface area (TPSA) is 105 Å². The number of pyridine rings is 1. The zero-order chi connectivity index (χ0) is 12.8. The van der Waals surface area contributed by atoms with E-state index in [4.69, 9.17) is 10.8 Å². The maximum absolute atomic E-state index is 11.6. The van der Waals surface area contributed by atoms with Gasteiger partial charge in [0, 0.05) is 12.1 Å². The van der Waals surface area contributed by atoms with Crippen molar-refractivity contribution in [2.24, 2.45) is 5.73 Å². The number of amides is 1. The highest BCUT2D eigenvalue weighted by molar-refractivity contribution is 5.94. The number of nitrogens with two attached hydrogens (primary N) is 1. The van der Waals surface area contributed by atoms with Crippen LogP contribution in [0.5, 0.6) is 0 Å². The molecule has 1 aromatic heterocycles. The third-order valence-electron chi connectivity index (χ3n) is 2.18. The van der Waals surface area contributed by atoms with E-state index in [1.54, 1.807) is 12.1 Å². The average Bonchev–Trinajstić information content (AvgIpc) is 2.28. The van der Waals surface area contributed by atoms with Crippen molar-refractivity contribution in [3.63, 3.8) is 0 Å². The molecule has 0 fully saturated rings. The molecule has 0 aliphatic carbocycles. The number of nitrogens with one attached hydrogen (secondary N) is 1. The van der Waals surface area contributed by atoms with Gasteiger partial charge in [-0.25, -0.2) is 0 Å². The summed E-state index contributed by atoms with van der Waals surface area (Å²) in [5, 5.41) is 11.0. The number of aryl methyl sites for hydroxylation is 1. The second-order valence-corrected chi connectivity index (χ2v) is 3.72. The summed E-state index contributed by atoms with van der Waals surface area (Å²) in [5.41, 5.74) is 6.94. The molecule has 17 heavy (non-hydrogen) atoms. The van der Waals surface area contributed by atoms with Gasteiger partial charge in [0.2, 0.25) is 5.91 Å². The molecule has 1 aromatic rings. The van der Waals surface area contributed by atoms with E-state index >= 15 is 0 Å². The van der Waals surface area contributed by atoms with Crippen LogP contribution in [0, 0.1) is 6.92 Å². The molecule has 1 atom stereocenters. The van der Waals surface area contributed by atoms with Crippen LogP contribution >= 0.6 is 0 Å². The number of carbonyl (C=O) groups is 2. The summed E-state index contributed by atoms with van der Waals surface area (Å²) >= 11 is 0. The number of carboxylic acids is 1. The number of aliphatic carboxylic acids is 1. The van der Waals surface area contributed by atoms with Gasteiger partial charge in [-0.1, -0.05) is 0 Å².